The number of hydrogen-bond donors (Lipinski definition) is 2. The number of aryl methyl sites for hydroxylation is 1. The van der Waals surface area contributed by atoms with Crippen molar-refractivity contribution in [1.82, 2.24) is 14.9 Å². The van der Waals surface area contributed by atoms with Crippen molar-refractivity contribution in [1.29, 1.82) is 0 Å². The Morgan fingerprint density at radius 2 is 2.08 bits per heavy atom. The lowest BCUT2D eigenvalue weighted by atomic mass is 10.1. The highest BCUT2D eigenvalue weighted by atomic mass is 32.2. The number of nitrogens with zero attached hydrogens (tertiary/aromatic N) is 2. The highest BCUT2D eigenvalue weighted by Crippen LogP contribution is 2.31. The molecule has 1 heterocycles. The van der Waals surface area contributed by atoms with E-state index in [4.69, 9.17) is 5.73 Å². The Bertz CT molecular complexity index is 895. The molecule has 25 heavy (non-hydrogen) atoms. The maximum Gasteiger partial charge on any atom is 0.253 e. The molecule has 0 saturated carbocycles. The normalized spacial score (nSPS) is 10.6. The first-order valence-corrected chi connectivity index (χ1v) is 8.42. The SMILES string of the molecule is Cn1ccnc1Sc1cc(C(=O)NCc2ccccc2)c(N)cc1F. The van der Waals surface area contributed by atoms with Crippen LogP contribution in [0.5, 0.6) is 0 Å². The number of benzene rings is 2. The van der Waals surface area contributed by atoms with Crippen molar-refractivity contribution in [2.45, 2.75) is 16.6 Å². The van der Waals surface area contributed by atoms with E-state index in [1.165, 1.54) is 12.1 Å². The number of nitrogen functional groups attached to an aromatic ring is 1. The number of rotatable bonds is 5. The maximum absolute atomic E-state index is 14.2. The first-order valence-electron chi connectivity index (χ1n) is 7.61. The van der Waals surface area contributed by atoms with Crippen LogP contribution in [0.1, 0.15) is 15.9 Å². The van der Waals surface area contributed by atoms with Crippen LogP contribution in [0.25, 0.3) is 0 Å². The van der Waals surface area contributed by atoms with Crippen LogP contribution in [-0.4, -0.2) is 15.5 Å². The topological polar surface area (TPSA) is 72.9 Å². The van der Waals surface area contributed by atoms with Crippen LogP contribution in [0.2, 0.25) is 0 Å². The van der Waals surface area contributed by atoms with Crippen LogP contribution in [-0.2, 0) is 13.6 Å². The number of imidazole rings is 1. The van der Waals surface area contributed by atoms with Gasteiger partial charge in [-0.3, -0.25) is 4.79 Å². The number of nitrogens with two attached hydrogens (primary N) is 1. The second-order valence-electron chi connectivity index (χ2n) is 5.46. The minimum atomic E-state index is -0.481. The number of halogens is 1. The molecule has 5 nitrogen and oxygen atoms in total. The molecule has 0 aliphatic rings. The molecule has 3 N–H and O–H groups in total. The average Bonchev–Trinajstić information content (AvgIpc) is 3.01. The molecule has 1 amide bonds. The number of carbonyl (C=O) groups is 1. The van der Waals surface area contributed by atoms with Crippen molar-refractivity contribution in [3.63, 3.8) is 0 Å². The molecule has 0 spiro atoms. The van der Waals surface area contributed by atoms with Crippen LogP contribution in [0.3, 0.4) is 0 Å². The van der Waals surface area contributed by atoms with Crippen molar-refractivity contribution < 1.29 is 9.18 Å². The standard InChI is InChI=1S/C18H17FN4OS/c1-23-8-7-21-18(23)25-16-9-13(15(20)10-14(16)19)17(24)22-11-12-5-3-2-4-6-12/h2-10H,11,20H2,1H3,(H,22,24). The smallest absolute Gasteiger partial charge is 0.253 e. The van der Waals surface area contributed by atoms with E-state index < -0.39 is 5.82 Å². The Labute approximate surface area is 149 Å². The fourth-order valence-electron chi connectivity index (χ4n) is 2.27. The predicted molar refractivity (Wildman–Crippen MR) is 95.8 cm³/mol. The van der Waals surface area contributed by atoms with E-state index in [-0.39, 0.29) is 17.2 Å². The monoisotopic (exact) mass is 356 g/mol. The summed E-state index contributed by atoms with van der Waals surface area (Å²) < 4.78 is 16.0. The molecule has 0 aliphatic heterocycles. The molecular formula is C18H17FN4OS. The second kappa shape index (κ2) is 7.40. The number of hydrogen-bond acceptors (Lipinski definition) is 4. The van der Waals surface area contributed by atoms with Crippen molar-refractivity contribution in [2.24, 2.45) is 7.05 Å². The molecule has 1 aromatic heterocycles. The van der Waals surface area contributed by atoms with E-state index in [0.717, 1.165) is 17.3 Å². The third-order valence-electron chi connectivity index (χ3n) is 3.62. The highest BCUT2D eigenvalue weighted by Gasteiger charge is 2.16. The Kier molecular flexibility index (Phi) is 5.04. The van der Waals surface area contributed by atoms with Crippen LogP contribution in [0.4, 0.5) is 10.1 Å². The summed E-state index contributed by atoms with van der Waals surface area (Å²) in [7, 11) is 1.82. The molecule has 0 unspecified atom stereocenters. The van der Waals surface area contributed by atoms with E-state index in [0.29, 0.717) is 16.6 Å². The third kappa shape index (κ3) is 4.00. The minimum Gasteiger partial charge on any atom is -0.398 e. The summed E-state index contributed by atoms with van der Waals surface area (Å²) in [4.78, 5) is 16.9. The van der Waals surface area contributed by atoms with E-state index in [9.17, 15) is 9.18 Å². The number of amides is 1. The highest BCUT2D eigenvalue weighted by molar-refractivity contribution is 7.99. The largest absolute Gasteiger partial charge is 0.398 e. The molecule has 3 rings (SSSR count). The molecule has 3 aromatic rings. The zero-order valence-electron chi connectivity index (χ0n) is 13.6. The van der Waals surface area contributed by atoms with Gasteiger partial charge in [0.25, 0.3) is 5.91 Å². The number of nitrogens with one attached hydrogen (secondary N) is 1. The zero-order valence-corrected chi connectivity index (χ0v) is 14.4. The van der Waals surface area contributed by atoms with Crippen LogP contribution in [0.15, 0.2) is 64.9 Å². The minimum absolute atomic E-state index is 0.104. The van der Waals surface area contributed by atoms with Gasteiger partial charge >= 0.3 is 0 Å². The maximum atomic E-state index is 14.2. The van der Waals surface area contributed by atoms with Gasteiger partial charge < -0.3 is 15.6 Å². The Morgan fingerprint density at radius 1 is 1.32 bits per heavy atom. The van der Waals surface area contributed by atoms with Crippen LogP contribution >= 0.6 is 11.8 Å². The lowest BCUT2D eigenvalue weighted by Crippen LogP contribution is -2.24. The molecule has 0 aliphatic carbocycles. The fourth-order valence-corrected chi connectivity index (χ4v) is 3.11. The van der Waals surface area contributed by atoms with Gasteiger partial charge in [0.15, 0.2) is 5.16 Å². The fraction of sp³-hybridized carbons (Fsp3) is 0.111. The molecule has 128 valence electrons. The zero-order chi connectivity index (χ0) is 17.8. The summed E-state index contributed by atoms with van der Waals surface area (Å²) in [5, 5.41) is 3.43. The van der Waals surface area contributed by atoms with Gasteiger partial charge in [-0.1, -0.05) is 30.3 Å². The van der Waals surface area contributed by atoms with Gasteiger partial charge in [-0.2, -0.15) is 0 Å². The average molecular weight is 356 g/mol. The molecule has 2 aromatic carbocycles. The second-order valence-corrected chi connectivity index (χ2v) is 6.47. The van der Waals surface area contributed by atoms with E-state index in [1.807, 2.05) is 37.4 Å². The quantitative estimate of drug-likeness (QED) is 0.689. The summed E-state index contributed by atoms with van der Waals surface area (Å²) in [6.07, 6.45) is 3.40. The Balaban J connectivity index is 1.79. The predicted octanol–water partition coefficient (Wildman–Crippen LogP) is 3.22. The van der Waals surface area contributed by atoms with Crippen molar-refractivity contribution in [2.75, 3.05) is 5.73 Å². The van der Waals surface area contributed by atoms with Crippen LogP contribution < -0.4 is 11.1 Å². The molecule has 0 saturated heterocycles. The molecule has 0 bridgehead atoms. The molecule has 0 atom stereocenters. The number of anilines is 1. The summed E-state index contributed by atoms with van der Waals surface area (Å²) in [5.74, 6) is -0.826. The van der Waals surface area contributed by atoms with Crippen molar-refractivity contribution >= 4 is 23.4 Å². The lowest BCUT2D eigenvalue weighted by Gasteiger charge is -2.11. The van der Waals surface area contributed by atoms with Gasteiger partial charge in [-0.15, -0.1) is 0 Å². The summed E-state index contributed by atoms with van der Waals surface area (Å²) >= 11 is 1.14. The van der Waals surface area contributed by atoms with Gasteiger partial charge in [-0.05, 0) is 29.5 Å². The van der Waals surface area contributed by atoms with Gasteiger partial charge in [0.1, 0.15) is 5.82 Å². The number of carbonyl (C=O) groups excluding carboxylic acids is 1. The van der Waals surface area contributed by atoms with Crippen molar-refractivity contribution in [3.05, 3.63) is 71.8 Å². The van der Waals surface area contributed by atoms with Crippen molar-refractivity contribution in [3.8, 4) is 0 Å². The van der Waals surface area contributed by atoms with Gasteiger partial charge in [-0.25, -0.2) is 9.37 Å². The first-order chi connectivity index (χ1) is 12.0. The molecular weight excluding hydrogens is 339 g/mol. The van der Waals surface area contributed by atoms with Gasteiger partial charge in [0.05, 0.1) is 10.5 Å². The van der Waals surface area contributed by atoms with Crippen LogP contribution in [0, 0.1) is 5.82 Å². The van der Waals surface area contributed by atoms with Gasteiger partial charge in [0, 0.05) is 31.7 Å². The molecule has 7 heteroatoms. The summed E-state index contributed by atoms with van der Waals surface area (Å²) in [6, 6.07) is 12.2. The summed E-state index contributed by atoms with van der Waals surface area (Å²) in [6.45, 7) is 0.373. The Hall–Kier alpha value is -2.80. The Morgan fingerprint density at radius 3 is 2.76 bits per heavy atom. The van der Waals surface area contributed by atoms with E-state index in [1.54, 1.807) is 17.0 Å². The number of aromatic nitrogens is 2. The first kappa shape index (κ1) is 17.0. The molecule has 0 radical (unpaired) electrons. The van der Waals surface area contributed by atoms with E-state index >= 15 is 0 Å². The lowest BCUT2D eigenvalue weighted by molar-refractivity contribution is 0.0951. The third-order valence-corrected chi connectivity index (χ3v) is 4.73. The van der Waals surface area contributed by atoms with E-state index in [2.05, 4.69) is 10.3 Å². The van der Waals surface area contributed by atoms with Gasteiger partial charge in [0.2, 0.25) is 0 Å². The summed E-state index contributed by atoms with van der Waals surface area (Å²) in [5.41, 5.74) is 7.15. The molecule has 0 fully saturated rings.